The van der Waals surface area contributed by atoms with Gasteiger partial charge in [0.1, 0.15) is 0 Å². The average molecular weight is 281 g/mol. The third kappa shape index (κ3) is 2.29. The van der Waals surface area contributed by atoms with Crippen LogP contribution in [-0.2, 0) is 0 Å². The normalized spacial score (nSPS) is 10.7. The van der Waals surface area contributed by atoms with Gasteiger partial charge in [0.05, 0.1) is 16.3 Å². The molecule has 1 heterocycles. The largest absolute Gasteiger partial charge is 0.478 e. The Morgan fingerprint density at radius 1 is 1.42 bits per heavy atom. The lowest BCUT2D eigenvalue weighted by atomic mass is 9.98. The van der Waals surface area contributed by atoms with E-state index in [4.69, 9.17) is 11.6 Å². The summed E-state index contributed by atoms with van der Waals surface area (Å²) in [6.07, 6.45) is 1.70. The molecule has 1 aliphatic heterocycles. The maximum Gasteiger partial charge on any atom is 0.338 e. The molecule has 2 aliphatic rings. The van der Waals surface area contributed by atoms with E-state index in [0.29, 0.717) is 23.4 Å². The molecule has 0 aromatic carbocycles. The Balaban J connectivity index is 2.91. The molecule has 100 valence electrons. The Hall–Kier alpha value is -2.01. The minimum Gasteiger partial charge on any atom is -0.478 e. The molecule has 5 nitrogen and oxygen atoms in total. The first-order chi connectivity index (χ1) is 8.95. The zero-order chi connectivity index (χ0) is 14.2. The van der Waals surface area contributed by atoms with Crippen LogP contribution >= 0.6 is 11.6 Å². The molecule has 0 saturated heterocycles. The highest BCUT2D eigenvalue weighted by Crippen LogP contribution is 2.32. The summed E-state index contributed by atoms with van der Waals surface area (Å²) in [6, 6.07) is 2.58. The van der Waals surface area contributed by atoms with E-state index in [-0.39, 0.29) is 16.0 Å². The van der Waals surface area contributed by atoms with Gasteiger partial charge in [0.2, 0.25) is 0 Å². The van der Waals surface area contributed by atoms with Crippen molar-refractivity contribution in [3.8, 4) is 11.1 Å². The second-order valence-electron chi connectivity index (χ2n) is 4.14. The van der Waals surface area contributed by atoms with E-state index in [1.54, 1.807) is 17.8 Å². The number of aromatic nitrogens is 1. The van der Waals surface area contributed by atoms with Gasteiger partial charge in [-0.3, -0.25) is 9.47 Å². The summed E-state index contributed by atoms with van der Waals surface area (Å²) < 4.78 is 1.61. The molecule has 2 rings (SSSR count). The number of nitrogens with zero attached hydrogens (tertiary/aromatic N) is 1. The van der Waals surface area contributed by atoms with Crippen LogP contribution in [0, 0.1) is 6.92 Å². The van der Waals surface area contributed by atoms with Crippen molar-refractivity contribution < 1.29 is 9.90 Å². The summed E-state index contributed by atoms with van der Waals surface area (Å²) in [6.45, 7) is 4.21. The predicted octanol–water partition coefficient (Wildman–Crippen LogP) is 2.18. The summed E-state index contributed by atoms with van der Waals surface area (Å²) >= 11 is 6.03. The molecule has 2 N–H and O–H groups in total. The van der Waals surface area contributed by atoms with Crippen molar-refractivity contribution in [2.75, 3.05) is 12.0 Å². The van der Waals surface area contributed by atoms with Crippen molar-refractivity contribution in [1.29, 1.82) is 0 Å². The summed E-state index contributed by atoms with van der Waals surface area (Å²) in [4.78, 5) is 22.9. The summed E-state index contributed by atoms with van der Waals surface area (Å²) in [7, 11) is 0. The Bertz CT molecular complexity index is 679. The van der Waals surface area contributed by atoms with Crippen molar-refractivity contribution in [3.05, 3.63) is 44.8 Å². The van der Waals surface area contributed by atoms with Gasteiger partial charge in [-0.1, -0.05) is 11.6 Å². The van der Waals surface area contributed by atoms with Crippen molar-refractivity contribution in [2.45, 2.75) is 13.8 Å². The monoisotopic (exact) mass is 280 g/mol. The maximum absolute atomic E-state index is 11.5. The van der Waals surface area contributed by atoms with Crippen LogP contribution in [0.4, 0.5) is 0 Å². The first-order valence-corrected chi connectivity index (χ1v) is 6.16. The van der Waals surface area contributed by atoms with E-state index in [1.165, 1.54) is 12.1 Å². The highest BCUT2D eigenvalue weighted by Gasteiger charge is 2.21. The predicted molar refractivity (Wildman–Crippen MR) is 73.9 cm³/mol. The molecule has 0 bridgehead atoms. The Labute approximate surface area is 114 Å². The fourth-order valence-corrected chi connectivity index (χ4v) is 2.33. The van der Waals surface area contributed by atoms with Gasteiger partial charge in [-0.25, -0.2) is 4.79 Å². The number of hydrogen-bond acceptors (Lipinski definition) is 3. The summed E-state index contributed by atoms with van der Waals surface area (Å²) in [5, 5.41) is 9.60. The quantitative estimate of drug-likeness (QED) is 0.904. The molecule has 0 aromatic heterocycles. The third-order valence-corrected chi connectivity index (χ3v) is 3.21. The number of pyridine rings is 1. The van der Waals surface area contributed by atoms with Crippen molar-refractivity contribution in [3.63, 3.8) is 0 Å². The first-order valence-electron chi connectivity index (χ1n) is 5.78. The van der Waals surface area contributed by atoms with E-state index < -0.39 is 5.97 Å². The molecule has 0 fully saturated rings. The zero-order valence-electron chi connectivity index (χ0n) is 10.5. The van der Waals surface area contributed by atoms with E-state index in [9.17, 15) is 14.7 Å². The molecule has 0 radical (unpaired) electrons. The second kappa shape index (κ2) is 4.93. The van der Waals surface area contributed by atoms with Crippen LogP contribution in [0.5, 0.6) is 0 Å². The van der Waals surface area contributed by atoms with Crippen molar-refractivity contribution in [1.82, 2.24) is 4.68 Å². The molecule has 0 atom stereocenters. The van der Waals surface area contributed by atoms with Crippen LogP contribution in [-0.4, -0.2) is 22.3 Å². The minimum absolute atomic E-state index is 0.0815. The minimum atomic E-state index is -1.09. The van der Waals surface area contributed by atoms with E-state index in [0.717, 1.165) is 0 Å². The number of carbonyl (C=O) groups is 1. The van der Waals surface area contributed by atoms with Crippen LogP contribution in [0.1, 0.15) is 23.0 Å². The van der Waals surface area contributed by atoms with E-state index in [2.05, 4.69) is 5.43 Å². The molecule has 6 heteroatoms. The van der Waals surface area contributed by atoms with Crippen molar-refractivity contribution >= 4 is 17.6 Å². The van der Waals surface area contributed by atoms with Crippen LogP contribution in [0.2, 0.25) is 5.02 Å². The van der Waals surface area contributed by atoms with Crippen LogP contribution in [0.25, 0.3) is 11.1 Å². The van der Waals surface area contributed by atoms with Gasteiger partial charge in [-0.2, -0.15) is 0 Å². The zero-order valence-corrected chi connectivity index (χ0v) is 11.3. The van der Waals surface area contributed by atoms with Gasteiger partial charge in [0, 0.05) is 29.9 Å². The standard InChI is InChI=1S/C13H13ClN2O3/c1-3-15-16-6-10-9(4-8(17)5-11(10)14)12(7(16)2)13(18)19/h4-6,15H,3H2,1-2H3,(H,18,19). The average Bonchev–Trinajstić information content (AvgIpc) is 2.30. The SMILES string of the molecule is CCNn1cc2c(Cl)cc(=O)cc-2c(C(=O)O)c1C. The van der Waals surface area contributed by atoms with Crippen molar-refractivity contribution in [2.24, 2.45) is 0 Å². The van der Waals surface area contributed by atoms with E-state index >= 15 is 0 Å². The highest BCUT2D eigenvalue weighted by atomic mass is 35.5. The molecule has 0 amide bonds. The topological polar surface area (TPSA) is 71.3 Å². The van der Waals surface area contributed by atoms with Gasteiger partial charge >= 0.3 is 5.97 Å². The lowest BCUT2D eigenvalue weighted by molar-refractivity contribution is 0.0696. The molecule has 19 heavy (non-hydrogen) atoms. The molecule has 0 spiro atoms. The second-order valence-corrected chi connectivity index (χ2v) is 4.55. The van der Waals surface area contributed by atoms with Gasteiger partial charge < -0.3 is 10.5 Å². The van der Waals surface area contributed by atoms with E-state index in [1.807, 2.05) is 6.92 Å². The lowest BCUT2D eigenvalue weighted by Crippen LogP contribution is -2.22. The molecular weight excluding hydrogens is 268 g/mol. The van der Waals surface area contributed by atoms with Crippen LogP contribution in [0.15, 0.2) is 23.1 Å². The van der Waals surface area contributed by atoms with Gasteiger partial charge in [-0.15, -0.1) is 0 Å². The summed E-state index contributed by atoms with van der Waals surface area (Å²) in [5.41, 5.74) is 4.21. The molecule has 0 saturated carbocycles. The van der Waals surface area contributed by atoms with Gasteiger partial charge in [0.25, 0.3) is 0 Å². The summed E-state index contributed by atoms with van der Waals surface area (Å²) in [5.74, 6) is -1.09. The Kier molecular flexibility index (Phi) is 3.48. The number of benzene rings is 1. The van der Waals surface area contributed by atoms with Crippen LogP contribution < -0.4 is 10.9 Å². The maximum atomic E-state index is 11.5. The number of rotatable bonds is 3. The molecule has 1 aliphatic carbocycles. The number of carboxylic acid groups (broad SMARTS) is 1. The number of hydrogen-bond donors (Lipinski definition) is 2. The fraction of sp³-hybridized carbons (Fsp3) is 0.231. The van der Waals surface area contributed by atoms with Gasteiger partial charge in [0.15, 0.2) is 5.43 Å². The third-order valence-electron chi connectivity index (χ3n) is 2.90. The molecule has 0 unspecified atom stereocenters. The number of nitrogens with one attached hydrogen (secondary N) is 1. The fourth-order valence-electron chi connectivity index (χ4n) is 2.08. The smallest absolute Gasteiger partial charge is 0.338 e. The highest BCUT2D eigenvalue weighted by molar-refractivity contribution is 6.33. The Morgan fingerprint density at radius 3 is 2.68 bits per heavy atom. The number of halogens is 1. The molecular formula is C13H13ClN2O3. The first kappa shape index (κ1) is 13.4. The van der Waals surface area contributed by atoms with Crippen LogP contribution in [0.3, 0.4) is 0 Å². The number of aromatic carboxylic acids is 1. The lowest BCUT2D eigenvalue weighted by Gasteiger charge is -2.20. The molecule has 0 aromatic rings. The Morgan fingerprint density at radius 2 is 2.11 bits per heavy atom. The number of fused-ring (bicyclic) bond motifs is 1. The van der Waals surface area contributed by atoms with Gasteiger partial charge in [-0.05, 0) is 19.9 Å². The number of carboxylic acids is 1.